The van der Waals surface area contributed by atoms with E-state index < -0.39 is 0 Å². The number of methoxy groups -OCH3 is 1. The van der Waals surface area contributed by atoms with Crippen LogP contribution in [0.3, 0.4) is 0 Å². The molecule has 1 aromatic rings. The molecule has 0 aliphatic carbocycles. The van der Waals surface area contributed by atoms with Crippen molar-refractivity contribution in [2.24, 2.45) is 0 Å². The maximum Gasteiger partial charge on any atom is 0.0763 e. The average Bonchev–Trinajstić information content (AvgIpc) is 2.71. The van der Waals surface area contributed by atoms with Gasteiger partial charge in [-0.15, -0.1) is 11.3 Å². The van der Waals surface area contributed by atoms with Crippen molar-refractivity contribution in [3.8, 4) is 0 Å². The van der Waals surface area contributed by atoms with Gasteiger partial charge in [-0.05, 0) is 43.3 Å². The highest BCUT2D eigenvalue weighted by Crippen LogP contribution is 2.27. The Morgan fingerprint density at radius 1 is 1.44 bits per heavy atom. The van der Waals surface area contributed by atoms with E-state index in [1.807, 2.05) is 11.3 Å². The summed E-state index contributed by atoms with van der Waals surface area (Å²) in [6, 6.07) is 2.55. The molecular formula is C13H23NOS. The maximum atomic E-state index is 5.58. The second-order valence-corrected chi connectivity index (χ2v) is 5.17. The van der Waals surface area contributed by atoms with E-state index in [4.69, 9.17) is 4.74 Å². The predicted molar refractivity (Wildman–Crippen MR) is 71.2 cm³/mol. The SMILES string of the molecule is CCCNC(c1ccsc1C)C(CC)OC. The van der Waals surface area contributed by atoms with Gasteiger partial charge in [0.05, 0.1) is 12.1 Å². The summed E-state index contributed by atoms with van der Waals surface area (Å²) in [4.78, 5) is 1.39. The van der Waals surface area contributed by atoms with Gasteiger partial charge in [0.1, 0.15) is 0 Å². The van der Waals surface area contributed by atoms with E-state index in [0.29, 0.717) is 6.04 Å². The summed E-state index contributed by atoms with van der Waals surface area (Å²) in [5.41, 5.74) is 1.40. The van der Waals surface area contributed by atoms with Gasteiger partial charge in [0.2, 0.25) is 0 Å². The van der Waals surface area contributed by atoms with Crippen molar-refractivity contribution in [1.82, 2.24) is 5.32 Å². The van der Waals surface area contributed by atoms with Crippen LogP contribution < -0.4 is 5.32 Å². The lowest BCUT2D eigenvalue weighted by Gasteiger charge is -2.26. The van der Waals surface area contributed by atoms with Crippen molar-refractivity contribution in [3.05, 3.63) is 21.9 Å². The number of ether oxygens (including phenoxy) is 1. The lowest BCUT2D eigenvalue weighted by molar-refractivity contribution is 0.0650. The number of nitrogens with one attached hydrogen (secondary N) is 1. The van der Waals surface area contributed by atoms with Gasteiger partial charge in [0.15, 0.2) is 0 Å². The molecule has 0 amide bonds. The minimum Gasteiger partial charge on any atom is -0.379 e. The first kappa shape index (κ1) is 13.7. The van der Waals surface area contributed by atoms with Crippen LogP contribution in [0, 0.1) is 6.92 Å². The maximum absolute atomic E-state index is 5.58. The van der Waals surface area contributed by atoms with Crippen molar-refractivity contribution in [2.75, 3.05) is 13.7 Å². The van der Waals surface area contributed by atoms with Gasteiger partial charge in [-0.3, -0.25) is 0 Å². The van der Waals surface area contributed by atoms with Gasteiger partial charge < -0.3 is 10.1 Å². The van der Waals surface area contributed by atoms with Crippen LogP contribution in [0.4, 0.5) is 0 Å². The van der Waals surface area contributed by atoms with E-state index >= 15 is 0 Å². The molecule has 0 aliphatic rings. The van der Waals surface area contributed by atoms with E-state index in [1.54, 1.807) is 7.11 Å². The zero-order valence-electron chi connectivity index (χ0n) is 10.7. The fourth-order valence-electron chi connectivity index (χ4n) is 2.00. The first-order valence-corrected chi connectivity index (χ1v) is 6.92. The van der Waals surface area contributed by atoms with Crippen molar-refractivity contribution in [3.63, 3.8) is 0 Å². The van der Waals surface area contributed by atoms with E-state index in [-0.39, 0.29) is 6.10 Å². The number of hydrogen-bond acceptors (Lipinski definition) is 3. The van der Waals surface area contributed by atoms with Crippen molar-refractivity contribution in [2.45, 2.75) is 45.8 Å². The molecule has 16 heavy (non-hydrogen) atoms. The smallest absolute Gasteiger partial charge is 0.0763 e. The van der Waals surface area contributed by atoms with Crippen LogP contribution in [-0.2, 0) is 4.74 Å². The minimum absolute atomic E-state index is 0.264. The summed E-state index contributed by atoms with van der Waals surface area (Å²) in [6.07, 6.45) is 2.45. The fraction of sp³-hybridized carbons (Fsp3) is 0.692. The minimum atomic E-state index is 0.264. The summed E-state index contributed by atoms with van der Waals surface area (Å²) in [7, 11) is 1.80. The largest absolute Gasteiger partial charge is 0.379 e. The molecule has 1 rings (SSSR count). The van der Waals surface area contributed by atoms with Gasteiger partial charge >= 0.3 is 0 Å². The molecule has 0 aliphatic heterocycles. The molecule has 2 unspecified atom stereocenters. The Labute approximate surface area is 103 Å². The zero-order valence-corrected chi connectivity index (χ0v) is 11.6. The molecule has 1 heterocycles. The molecule has 92 valence electrons. The third-order valence-corrected chi connectivity index (χ3v) is 3.79. The number of hydrogen-bond donors (Lipinski definition) is 1. The number of aryl methyl sites for hydroxylation is 1. The third-order valence-electron chi connectivity index (χ3n) is 2.93. The molecule has 0 fully saturated rings. The summed E-state index contributed by atoms with van der Waals surface area (Å²) in [5.74, 6) is 0. The molecule has 0 bridgehead atoms. The fourth-order valence-corrected chi connectivity index (χ4v) is 2.75. The highest BCUT2D eigenvalue weighted by molar-refractivity contribution is 7.10. The lowest BCUT2D eigenvalue weighted by Crippen LogP contribution is -2.33. The molecule has 0 saturated heterocycles. The van der Waals surface area contributed by atoms with Crippen LogP contribution in [0.25, 0.3) is 0 Å². The number of rotatable bonds is 7. The van der Waals surface area contributed by atoms with Gasteiger partial charge in [-0.25, -0.2) is 0 Å². The van der Waals surface area contributed by atoms with Gasteiger partial charge in [-0.1, -0.05) is 13.8 Å². The molecule has 1 aromatic heterocycles. The summed E-state index contributed by atoms with van der Waals surface area (Å²) >= 11 is 1.81. The molecule has 1 N–H and O–H groups in total. The highest BCUT2D eigenvalue weighted by Gasteiger charge is 2.22. The van der Waals surface area contributed by atoms with Crippen LogP contribution in [0.2, 0.25) is 0 Å². The quantitative estimate of drug-likeness (QED) is 0.788. The topological polar surface area (TPSA) is 21.3 Å². The summed E-state index contributed by atoms with van der Waals surface area (Å²) < 4.78 is 5.58. The third kappa shape index (κ3) is 3.30. The monoisotopic (exact) mass is 241 g/mol. The summed E-state index contributed by atoms with van der Waals surface area (Å²) in [5, 5.41) is 5.76. The Morgan fingerprint density at radius 3 is 2.62 bits per heavy atom. The van der Waals surface area contributed by atoms with Gasteiger partial charge in [0, 0.05) is 12.0 Å². The molecule has 2 atom stereocenters. The predicted octanol–water partition coefficient (Wildman–Crippen LogP) is 3.52. The van der Waals surface area contributed by atoms with E-state index in [9.17, 15) is 0 Å². The highest BCUT2D eigenvalue weighted by atomic mass is 32.1. The van der Waals surface area contributed by atoms with E-state index in [1.165, 1.54) is 10.4 Å². The van der Waals surface area contributed by atoms with Crippen LogP contribution in [0.1, 0.15) is 43.2 Å². The Balaban J connectivity index is 2.82. The van der Waals surface area contributed by atoms with Crippen molar-refractivity contribution >= 4 is 11.3 Å². The Bertz CT molecular complexity index is 294. The first-order chi connectivity index (χ1) is 7.74. The lowest BCUT2D eigenvalue weighted by atomic mass is 10.00. The Hall–Kier alpha value is -0.380. The van der Waals surface area contributed by atoms with Gasteiger partial charge in [0.25, 0.3) is 0 Å². The zero-order chi connectivity index (χ0) is 12.0. The van der Waals surface area contributed by atoms with Crippen molar-refractivity contribution < 1.29 is 4.74 Å². The molecule has 0 saturated carbocycles. The van der Waals surface area contributed by atoms with Crippen molar-refractivity contribution in [1.29, 1.82) is 0 Å². The standard InChI is InChI=1S/C13H23NOS/c1-5-8-14-13(12(6-2)15-4)11-7-9-16-10(11)3/h7,9,12-14H,5-6,8H2,1-4H3. The van der Waals surface area contributed by atoms with E-state index in [2.05, 4.69) is 37.5 Å². The van der Waals surface area contributed by atoms with Crippen LogP contribution in [-0.4, -0.2) is 19.8 Å². The van der Waals surface area contributed by atoms with Gasteiger partial charge in [-0.2, -0.15) is 0 Å². The molecule has 3 heteroatoms. The first-order valence-electron chi connectivity index (χ1n) is 6.04. The second kappa shape index (κ2) is 7.05. The molecule has 0 radical (unpaired) electrons. The Morgan fingerprint density at radius 2 is 2.19 bits per heavy atom. The molecule has 0 aromatic carbocycles. The average molecular weight is 241 g/mol. The normalized spacial score (nSPS) is 15.0. The van der Waals surface area contributed by atoms with E-state index in [0.717, 1.165) is 19.4 Å². The molecule has 0 spiro atoms. The van der Waals surface area contributed by atoms with Crippen LogP contribution >= 0.6 is 11.3 Å². The van der Waals surface area contributed by atoms with Crippen LogP contribution in [0.15, 0.2) is 11.4 Å². The second-order valence-electron chi connectivity index (χ2n) is 4.05. The van der Waals surface area contributed by atoms with Crippen LogP contribution in [0.5, 0.6) is 0 Å². The molecule has 2 nitrogen and oxygen atoms in total. The summed E-state index contributed by atoms with van der Waals surface area (Å²) in [6.45, 7) is 7.59. The number of thiophene rings is 1. The Kier molecular flexibility index (Phi) is 6.03. The molecular weight excluding hydrogens is 218 g/mol.